The Hall–Kier alpha value is 0. The third-order valence-electron chi connectivity index (χ3n) is 16.8. The molecule has 0 aromatic heterocycles. The van der Waals surface area contributed by atoms with Crippen molar-refractivity contribution in [3.05, 3.63) is 0 Å². The van der Waals surface area contributed by atoms with E-state index >= 15 is 0 Å². The van der Waals surface area contributed by atoms with Crippen LogP contribution in [0.3, 0.4) is 0 Å². The van der Waals surface area contributed by atoms with Gasteiger partial charge in [0.05, 0.1) is 0 Å². The monoisotopic (exact) mass is 739 g/mol. The average molecular weight is 739 g/mol. The summed E-state index contributed by atoms with van der Waals surface area (Å²) in [7, 11) is 0. The van der Waals surface area contributed by atoms with E-state index < -0.39 is 0 Å². The van der Waals surface area contributed by atoms with Crippen LogP contribution in [0.2, 0.25) is 0 Å². The SMILES string of the molecule is CC1CCC(CCCCCCCCCC(C)(CCCCCCCCCC2CCC(C)C(C)C2)CCCCCCCCCC2CCC(C)C(C)C2)CC1C. The lowest BCUT2D eigenvalue weighted by atomic mass is 9.74. The molecule has 0 aromatic carbocycles. The van der Waals surface area contributed by atoms with Gasteiger partial charge >= 0.3 is 0 Å². The van der Waals surface area contributed by atoms with E-state index in [0.717, 1.165) is 53.3 Å². The first-order valence-electron chi connectivity index (χ1n) is 25.6. The van der Waals surface area contributed by atoms with Crippen LogP contribution in [0, 0.1) is 58.7 Å². The second-order valence-electron chi connectivity index (χ2n) is 21.8. The van der Waals surface area contributed by atoms with Gasteiger partial charge in [0.15, 0.2) is 0 Å². The fraction of sp³-hybridized carbons (Fsp3) is 1.00. The molecule has 0 aromatic rings. The molecule has 3 rings (SSSR count). The van der Waals surface area contributed by atoms with E-state index in [1.54, 1.807) is 0 Å². The van der Waals surface area contributed by atoms with Crippen LogP contribution in [0.1, 0.15) is 280 Å². The summed E-state index contributed by atoms with van der Waals surface area (Å²) in [5.74, 6) is 8.97. The minimum atomic E-state index is 0.609. The molecule has 0 N–H and O–H groups in total. The third kappa shape index (κ3) is 21.4. The summed E-state index contributed by atoms with van der Waals surface area (Å²) in [6.07, 6.45) is 54.0. The Morgan fingerprint density at radius 1 is 0.283 bits per heavy atom. The number of rotatable bonds is 30. The Kier molecular flexibility index (Phi) is 25.4. The molecule has 0 aliphatic heterocycles. The number of unbranched alkanes of at least 4 members (excludes halogenated alkanes) is 18. The van der Waals surface area contributed by atoms with Gasteiger partial charge in [-0.15, -0.1) is 0 Å². The van der Waals surface area contributed by atoms with Gasteiger partial charge in [-0.1, -0.05) is 241 Å². The first-order chi connectivity index (χ1) is 25.6. The molecule has 0 saturated heterocycles. The second-order valence-corrected chi connectivity index (χ2v) is 21.8. The molecule has 0 heteroatoms. The van der Waals surface area contributed by atoms with Crippen molar-refractivity contribution in [2.45, 2.75) is 280 Å². The van der Waals surface area contributed by atoms with Crippen molar-refractivity contribution in [1.29, 1.82) is 0 Å². The molecule has 3 aliphatic rings. The van der Waals surface area contributed by atoms with Gasteiger partial charge in [-0.25, -0.2) is 0 Å². The summed E-state index contributed by atoms with van der Waals surface area (Å²) in [5, 5.41) is 0. The van der Waals surface area contributed by atoms with Crippen LogP contribution in [-0.4, -0.2) is 0 Å². The van der Waals surface area contributed by atoms with Gasteiger partial charge < -0.3 is 0 Å². The molecule has 0 nitrogen and oxygen atoms in total. The zero-order chi connectivity index (χ0) is 38.2. The maximum atomic E-state index is 2.71. The number of hydrogen-bond donors (Lipinski definition) is 0. The highest BCUT2D eigenvalue weighted by Gasteiger charge is 2.26. The predicted molar refractivity (Wildman–Crippen MR) is 240 cm³/mol. The second kappa shape index (κ2) is 28.4. The van der Waals surface area contributed by atoms with E-state index in [4.69, 9.17) is 0 Å². The van der Waals surface area contributed by atoms with Crippen molar-refractivity contribution in [3.63, 3.8) is 0 Å². The minimum absolute atomic E-state index is 0.609. The molecule has 0 spiro atoms. The molecule has 0 heterocycles. The van der Waals surface area contributed by atoms with E-state index in [9.17, 15) is 0 Å². The number of hydrogen-bond acceptors (Lipinski definition) is 0. The van der Waals surface area contributed by atoms with Gasteiger partial charge in [-0.2, -0.15) is 0 Å². The zero-order valence-corrected chi connectivity index (χ0v) is 38.2. The fourth-order valence-electron chi connectivity index (χ4n) is 11.7. The van der Waals surface area contributed by atoms with Crippen molar-refractivity contribution in [1.82, 2.24) is 0 Å². The van der Waals surface area contributed by atoms with Gasteiger partial charge in [0.25, 0.3) is 0 Å². The van der Waals surface area contributed by atoms with E-state index in [1.807, 2.05) is 0 Å². The first kappa shape index (κ1) is 47.4. The normalized spacial score (nSPS) is 30.7. The largest absolute Gasteiger partial charge is 0.0623 e. The van der Waals surface area contributed by atoms with Gasteiger partial charge in [-0.05, 0) is 97.2 Å². The summed E-state index contributed by atoms with van der Waals surface area (Å²) < 4.78 is 0. The van der Waals surface area contributed by atoms with Crippen LogP contribution in [0.25, 0.3) is 0 Å². The highest BCUT2D eigenvalue weighted by atomic mass is 14.3. The average Bonchev–Trinajstić information content (AvgIpc) is 3.14. The maximum Gasteiger partial charge on any atom is -0.0326 e. The lowest BCUT2D eigenvalue weighted by Gasteiger charge is -2.32. The van der Waals surface area contributed by atoms with Crippen molar-refractivity contribution in [3.8, 4) is 0 Å². The lowest BCUT2D eigenvalue weighted by Crippen LogP contribution is -2.20. The maximum absolute atomic E-state index is 2.71. The summed E-state index contributed by atoms with van der Waals surface area (Å²) in [6, 6.07) is 0. The molecule has 0 amide bonds. The standard InChI is InChI=1S/C53H102/c1-44-32-35-50(41-47(44)4)29-23-17-11-8-14-20-26-38-53(7,39-27-21-15-9-12-18-24-30-51-36-33-45(2)48(5)42-51)40-28-22-16-10-13-19-25-31-52-37-34-46(3)49(6)43-52/h44-52H,8-43H2,1-7H3. The van der Waals surface area contributed by atoms with Crippen molar-refractivity contribution < 1.29 is 0 Å². The molecule has 3 fully saturated rings. The van der Waals surface area contributed by atoms with Crippen LogP contribution in [0.15, 0.2) is 0 Å². The van der Waals surface area contributed by atoms with Gasteiger partial charge in [-0.3, -0.25) is 0 Å². The Morgan fingerprint density at radius 2 is 0.509 bits per heavy atom. The van der Waals surface area contributed by atoms with Crippen molar-refractivity contribution in [2.75, 3.05) is 0 Å². The zero-order valence-electron chi connectivity index (χ0n) is 38.2. The fourth-order valence-corrected chi connectivity index (χ4v) is 11.7. The first-order valence-corrected chi connectivity index (χ1v) is 25.6. The summed E-state index contributed by atoms with van der Waals surface area (Å²) >= 11 is 0. The molecular formula is C53H102. The van der Waals surface area contributed by atoms with E-state index in [-0.39, 0.29) is 0 Å². The smallest absolute Gasteiger partial charge is 0.0326 e. The molecule has 314 valence electrons. The quantitative estimate of drug-likeness (QED) is 0.0644. The predicted octanol–water partition coefficient (Wildman–Crippen LogP) is 18.7. The van der Waals surface area contributed by atoms with Crippen LogP contribution in [0.5, 0.6) is 0 Å². The van der Waals surface area contributed by atoms with E-state index in [1.165, 1.54) is 231 Å². The Bertz CT molecular complexity index is 734. The van der Waals surface area contributed by atoms with Crippen LogP contribution in [0.4, 0.5) is 0 Å². The van der Waals surface area contributed by atoms with Crippen LogP contribution >= 0.6 is 0 Å². The molecule has 53 heavy (non-hydrogen) atoms. The molecule has 0 bridgehead atoms. The topological polar surface area (TPSA) is 0 Å². The highest BCUT2D eigenvalue weighted by molar-refractivity contribution is 4.78. The van der Waals surface area contributed by atoms with Gasteiger partial charge in [0, 0.05) is 0 Å². The molecule has 0 radical (unpaired) electrons. The lowest BCUT2D eigenvalue weighted by molar-refractivity contribution is 0.197. The molecule has 3 saturated carbocycles. The summed E-state index contributed by atoms with van der Waals surface area (Å²) in [6.45, 7) is 17.7. The molecule has 9 atom stereocenters. The Balaban J connectivity index is 1.22. The van der Waals surface area contributed by atoms with E-state index in [0.29, 0.717) is 5.41 Å². The minimum Gasteiger partial charge on any atom is -0.0623 e. The summed E-state index contributed by atoms with van der Waals surface area (Å²) in [4.78, 5) is 0. The van der Waals surface area contributed by atoms with Crippen molar-refractivity contribution >= 4 is 0 Å². The Morgan fingerprint density at radius 3 is 0.755 bits per heavy atom. The molecule has 9 unspecified atom stereocenters. The third-order valence-corrected chi connectivity index (χ3v) is 16.8. The van der Waals surface area contributed by atoms with Crippen LogP contribution in [-0.2, 0) is 0 Å². The van der Waals surface area contributed by atoms with Gasteiger partial charge in [0.2, 0.25) is 0 Å². The molecule has 3 aliphatic carbocycles. The Labute approximate surface area is 337 Å². The summed E-state index contributed by atoms with van der Waals surface area (Å²) in [5.41, 5.74) is 0.609. The van der Waals surface area contributed by atoms with E-state index in [2.05, 4.69) is 48.5 Å². The van der Waals surface area contributed by atoms with Gasteiger partial charge in [0.1, 0.15) is 0 Å². The van der Waals surface area contributed by atoms with Crippen LogP contribution < -0.4 is 0 Å². The molecular weight excluding hydrogens is 637 g/mol. The van der Waals surface area contributed by atoms with Crippen molar-refractivity contribution in [2.24, 2.45) is 58.7 Å². The highest BCUT2D eigenvalue weighted by Crippen LogP contribution is 2.39.